The van der Waals surface area contributed by atoms with E-state index in [0.717, 1.165) is 10.9 Å². The molecule has 0 unspecified atom stereocenters. The third-order valence-electron chi connectivity index (χ3n) is 3.35. The van der Waals surface area contributed by atoms with E-state index in [2.05, 4.69) is 22.0 Å². The Morgan fingerprint density at radius 1 is 0.852 bits per heavy atom. The van der Waals surface area contributed by atoms with Crippen molar-refractivity contribution < 1.29 is 13.6 Å². The maximum absolute atomic E-state index is 12.2. The van der Waals surface area contributed by atoms with Crippen molar-refractivity contribution in [3.63, 3.8) is 0 Å². The van der Waals surface area contributed by atoms with E-state index in [1.807, 2.05) is 30.3 Å². The molecule has 142 valence electrons. The Morgan fingerprint density at radius 2 is 1.26 bits per heavy atom. The van der Waals surface area contributed by atoms with E-state index in [-0.39, 0.29) is 6.16 Å². The molecule has 0 radical (unpaired) electrons. The molecule has 0 saturated heterocycles. The van der Waals surface area contributed by atoms with Gasteiger partial charge in [0.25, 0.3) is 0 Å². The summed E-state index contributed by atoms with van der Waals surface area (Å²) in [6, 6.07) is 18.5. The van der Waals surface area contributed by atoms with Crippen LogP contribution in [0.3, 0.4) is 0 Å². The van der Waals surface area contributed by atoms with Crippen LogP contribution >= 0.6 is 23.5 Å². The lowest BCUT2D eigenvalue weighted by atomic mass is 10.2. The Labute approximate surface area is 169 Å². The van der Waals surface area contributed by atoms with Crippen molar-refractivity contribution in [1.82, 2.24) is 0 Å². The van der Waals surface area contributed by atoms with Gasteiger partial charge in [0.05, 0.1) is 42.6 Å². The molecule has 27 heavy (non-hydrogen) atoms. The van der Waals surface area contributed by atoms with Gasteiger partial charge in [-0.3, -0.25) is 4.57 Å². The average molecular weight is 449 g/mol. The molecular formula is C20H22BrN2O3P. The summed E-state index contributed by atoms with van der Waals surface area (Å²) >= 11 is 3.32. The third-order valence-corrected chi connectivity index (χ3v) is 6.05. The molecule has 0 amide bonds. The molecule has 0 aliphatic rings. The SMILES string of the molecule is CCOP(=O)(Cc1ccc(C#N)cc1)OCC.N#Cc1ccc(CBr)cc1. The molecule has 0 atom stereocenters. The van der Waals surface area contributed by atoms with Crippen LogP contribution in [0.2, 0.25) is 0 Å². The summed E-state index contributed by atoms with van der Waals surface area (Å²) in [6.07, 6.45) is 0.236. The highest BCUT2D eigenvalue weighted by atomic mass is 79.9. The van der Waals surface area contributed by atoms with Crippen LogP contribution in [0.25, 0.3) is 0 Å². The number of alkyl halides is 1. The van der Waals surface area contributed by atoms with E-state index in [0.29, 0.717) is 24.3 Å². The highest BCUT2D eigenvalue weighted by Gasteiger charge is 2.23. The van der Waals surface area contributed by atoms with Crippen LogP contribution in [0.1, 0.15) is 36.1 Å². The predicted molar refractivity (Wildman–Crippen MR) is 110 cm³/mol. The monoisotopic (exact) mass is 448 g/mol. The summed E-state index contributed by atoms with van der Waals surface area (Å²) in [5.74, 6) is 0. The Bertz CT molecular complexity index is 814. The number of benzene rings is 2. The molecule has 0 aliphatic carbocycles. The molecule has 0 spiro atoms. The van der Waals surface area contributed by atoms with Crippen molar-refractivity contribution in [3.05, 3.63) is 70.8 Å². The first-order chi connectivity index (χ1) is 13.0. The maximum atomic E-state index is 12.2. The van der Waals surface area contributed by atoms with E-state index in [9.17, 15) is 4.57 Å². The molecule has 0 heterocycles. The van der Waals surface area contributed by atoms with E-state index in [4.69, 9.17) is 19.6 Å². The molecule has 2 rings (SSSR count). The van der Waals surface area contributed by atoms with E-state index >= 15 is 0 Å². The normalized spacial score (nSPS) is 10.3. The summed E-state index contributed by atoms with van der Waals surface area (Å²) in [5, 5.41) is 18.0. The van der Waals surface area contributed by atoms with Gasteiger partial charge in [0.15, 0.2) is 0 Å². The molecule has 2 aromatic carbocycles. The van der Waals surface area contributed by atoms with Crippen LogP contribution in [-0.4, -0.2) is 13.2 Å². The topological polar surface area (TPSA) is 83.1 Å². The van der Waals surface area contributed by atoms with Crippen LogP contribution in [0.4, 0.5) is 0 Å². The number of rotatable bonds is 7. The lowest BCUT2D eigenvalue weighted by Crippen LogP contribution is -1.99. The molecule has 0 bridgehead atoms. The van der Waals surface area contributed by atoms with Crippen LogP contribution in [-0.2, 0) is 25.1 Å². The van der Waals surface area contributed by atoms with Gasteiger partial charge in [-0.15, -0.1) is 0 Å². The Kier molecular flexibility index (Phi) is 10.6. The fraction of sp³-hybridized carbons (Fsp3) is 0.300. The van der Waals surface area contributed by atoms with Crippen LogP contribution in [0, 0.1) is 22.7 Å². The van der Waals surface area contributed by atoms with E-state index in [1.165, 1.54) is 5.56 Å². The lowest BCUT2D eigenvalue weighted by Gasteiger charge is -2.16. The van der Waals surface area contributed by atoms with E-state index in [1.54, 1.807) is 38.1 Å². The van der Waals surface area contributed by atoms with Crippen molar-refractivity contribution in [2.45, 2.75) is 25.3 Å². The standard InChI is InChI=1S/C12H16NO3P.C8H6BrN/c1-3-15-17(14,16-4-2)10-12-7-5-11(9-13)6-8-12;9-5-7-1-3-8(6-10)4-2-7/h5-8H,3-4,10H2,1-2H3;1-4H,5H2. The predicted octanol–water partition coefficient (Wildman–Crippen LogP) is 5.78. The molecule has 0 aliphatic heterocycles. The van der Waals surface area contributed by atoms with E-state index < -0.39 is 7.60 Å². The largest absolute Gasteiger partial charge is 0.335 e. The second-order valence-electron chi connectivity index (χ2n) is 5.36. The van der Waals surface area contributed by atoms with Gasteiger partial charge < -0.3 is 9.05 Å². The first-order valence-electron chi connectivity index (χ1n) is 8.42. The quantitative estimate of drug-likeness (QED) is 0.396. The zero-order valence-corrected chi connectivity index (χ0v) is 17.9. The molecule has 0 fully saturated rings. The molecule has 5 nitrogen and oxygen atoms in total. The Balaban J connectivity index is 0.000000309. The van der Waals surface area contributed by atoms with Gasteiger partial charge in [-0.2, -0.15) is 10.5 Å². The second kappa shape index (κ2) is 12.4. The van der Waals surface area contributed by atoms with Gasteiger partial charge in [0.2, 0.25) is 0 Å². The van der Waals surface area contributed by atoms with Gasteiger partial charge >= 0.3 is 7.60 Å². The second-order valence-corrected chi connectivity index (χ2v) is 7.97. The minimum Gasteiger partial charge on any atom is -0.309 e. The number of hydrogen-bond acceptors (Lipinski definition) is 5. The molecular weight excluding hydrogens is 427 g/mol. The zero-order valence-electron chi connectivity index (χ0n) is 15.4. The molecule has 7 heteroatoms. The van der Waals surface area contributed by atoms with Crippen molar-refractivity contribution in [2.24, 2.45) is 0 Å². The Morgan fingerprint density at radius 3 is 1.59 bits per heavy atom. The van der Waals surface area contributed by atoms with Gasteiger partial charge in [-0.25, -0.2) is 0 Å². The highest BCUT2D eigenvalue weighted by Crippen LogP contribution is 2.51. The van der Waals surface area contributed by atoms with Crippen LogP contribution < -0.4 is 0 Å². The summed E-state index contributed by atoms with van der Waals surface area (Å²) in [5.41, 5.74) is 3.33. The summed E-state index contributed by atoms with van der Waals surface area (Å²) in [7, 11) is -3.05. The van der Waals surface area contributed by atoms with Crippen molar-refractivity contribution in [3.8, 4) is 12.1 Å². The first kappa shape index (κ1) is 23.1. The number of nitriles is 2. The van der Waals surface area contributed by atoms with Gasteiger partial charge in [-0.05, 0) is 49.2 Å². The van der Waals surface area contributed by atoms with Crippen molar-refractivity contribution in [1.29, 1.82) is 10.5 Å². The fourth-order valence-corrected chi connectivity index (χ4v) is 4.17. The first-order valence-corrected chi connectivity index (χ1v) is 11.3. The minimum atomic E-state index is -3.05. The number of hydrogen-bond donors (Lipinski definition) is 0. The summed E-state index contributed by atoms with van der Waals surface area (Å²) in [6.45, 7) is 4.27. The molecule has 2 aromatic rings. The minimum absolute atomic E-state index is 0.236. The molecule has 0 N–H and O–H groups in total. The van der Waals surface area contributed by atoms with Crippen molar-refractivity contribution in [2.75, 3.05) is 13.2 Å². The maximum Gasteiger partial charge on any atom is 0.335 e. The zero-order chi connectivity index (χ0) is 20.1. The van der Waals surface area contributed by atoms with Gasteiger partial charge in [0, 0.05) is 5.33 Å². The average Bonchev–Trinajstić information content (AvgIpc) is 2.69. The third kappa shape index (κ3) is 8.52. The van der Waals surface area contributed by atoms with Gasteiger partial charge in [0.1, 0.15) is 0 Å². The highest BCUT2D eigenvalue weighted by molar-refractivity contribution is 9.08. The Hall–Kier alpha value is -1.95. The molecule has 0 aromatic heterocycles. The van der Waals surface area contributed by atoms with Crippen LogP contribution in [0.5, 0.6) is 0 Å². The lowest BCUT2D eigenvalue weighted by molar-refractivity contribution is 0.219. The number of halogens is 1. The van der Waals surface area contributed by atoms with Gasteiger partial charge in [-0.1, -0.05) is 40.2 Å². The summed E-state index contributed by atoms with van der Waals surface area (Å²) < 4.78 is 22.6. The smallest absolute Gasteiger partial charge is 0.309 e. The fourth-order valence-electron chi connectivity index (χ4n) is 2.10. The number of nitrogens with zero attached hydrogens (tertiary/aromatic N) is 2. The summed E-state index contributed by atoms with van der Waals surface area (Å²) in [4.78, 5) is 0. The molecule has 0 saturated carbocycles. The van der Waals surface area contributed by atoms with Crippen molar-refractivity contribution >= 4 is 23.5 Å². The van der Waals surface area contributed by atoms with Crippen LogP contribution in [0.15, 0.2) is 48.5 Å².